The van der Waals surface area contributed by atoms with Crippen LogP contribution in [0.5, 0.6) is 0 Å². The summed E-state index contributed by atoms with van der Waals surface area (Å²) in [6.07, 6.45) is 5.06. The Morgan fingerprint density at radius 1 is 1.06 bits per heavy atom. The fourth-order valence-electron chi connectivity index (χ4n) is 3.25. The maximum Gasteiger partial charge on any atom is 0.0459 e. The molecule has 0 radical (unpaired) electrons. The highest BCUT2D eigenvalue weighted by atomic mass is 16.3. The lowest BCUT2D eigenvalue weighted by atomic mass is 9.72. The number of likely N-dealkylation sites (tertiary alicyclic amines) is 1. The van der Waals surface area contributed by atoms with Gasteiger partial charge < -0.3 is 5.11 Å². The Balaban J connectivity index is 1.56. The molecule has 0 amide bonds. The van der Waals surface area contributed by atoms with Crippen LogP contribution in [0.25, 0.3) is 0 Å². The quantitative estimate of drug-likeness (QED) is 0.881. The third-order valence-electron chi connectivity index (χ3n) is 4.55. The number of hydrogen-bond donors (Lipinski definition) is 1. The fourth-order valence-corrected chi connectivity index (χ4v) is 3.25. The lowest BCUT2D eigenvalue weighted by Gasteiger charge is -2.34. The molecule has 2 fully saturated rings. The van der Waals surface area contributed by atoms with Crippen molar-refractivity contribution in [1.29, 1.82) is 0 Å². The summed E-state index contributed by atoms with van der Waals surface area (Å²) in [5.41, 5.74) is 2.91. The summed E-state index contributed by atoms with van der Waals surface area (Å²) < 4.78 is 0. The van der Waals surface area contributed by atoms with E-state index in [4.69, 9.17) is 5.11 Å². The molecule has 0 spiro atoms. The van der Waals surface area contributed by atoms with E-state index in [1.807, 2.05) is 0 Å². The van der Waals surface area contributed by atoms with Crippen molar-refractivity contribution in [2.24, 2.45) is 5.92 Å². The first kappa shape index (κ1) is 12.2. The molecule has 1 saturated heterocycles. The monoisotopic (exact) mass is 245 g/mol. The Hall–Kier alpha value is -0.860. The Morgan fingerprint density at radius 3 is 2.33 bits per heavy atom. The predicted octanol–water partition coefficient (Wildman–Crippen LogP) is 2.77. The van der Waals surface area contributed by atoms with Crippen LogP contribution in [0.4, 0.5) is 0 Å². The Bertz CT molecular complexity index is 375. The van der Waals surface area contributed by atoms with Crippen molar-refractivity contribution in [3.63, 3.8) is 0 Å². The van der Waals surface area contributed by atoms with E-state index >= 15 is 0 Å². The van der Waals surface area contributed by atoms with Gasteiger partial charge >= 0.3 is 0 Å². The minimum atomic E-state index is 0.365. The van der Waals surface area contributed by atoms with E-state index < -0.39 is 0 Å². The summed E-state index contributed by atoms with van der Waals surface area (Å²) in [5, 5.41) is 9.05. The van der Waals surface area contributed by atoms with E-state index in [0.29, 0.717) is 18.4 Å². The molecule has 1 aromatic rings. The van der Waals surface area contributed by atoms with Gasteiger partial charge in [-0.2, -0.15) is 0 Å². The molecule has 2 aliphatic rings. The van der Waals surface area contributed by atoms with Crippen LogP contribution in [-0.4, -0.2) is 29.7 Å². The number of rotatable bonds is 4. The second-order valence-electron chi connectivity index (χ2n) is 5.94. The van der Waals surface area contributed by atoms with Crippen molar-refractivity contribution in [2.75, 3.05) is 19.7 Å². The third kappa shape index (κ3) is 2.60. The Labute approximate surface area is 110 Å². The van der Waals surface area contributed by atoms with Crippen LogP contribution in [0.15, 0.2) is 24.3 Å². The highest BCUT2D eigenvalue weighted by Crippen LogP contribution is 2.41. The molecule has 1 aromatic carbocycles. The number of benzene rings is 1. The normalized spacial score (nSPS) is 28.3. The van der Waals surface area contributed by atoms with Gasteiger partial charge in [0.15, 0.2) is 0 Å². The second-order valence-corrected chi connectivity index (χ2v) is 5.94. The molecule has 1 saturated carbocycles. The van der Waals surface area contributed by atoms with Crippen molar-refractivity contribution in [3.05, 3.63) is 35.4 Å². The van der Waals surface area contributed by atoms with Crippen LogP contribution in [0, 0.1) is 5.92 Å². The average molecular weight is 245 g/mol. The number of nitrogens with zero attached hydrogens (tertiary/aromatic N) is 1. The molecule has 0 bridgehead atoms. The minimum absolute atomic E-state index is 0.365. The smallest absolute Gasteiger partial charge is 0.0459 e. The lowest BCUT2D eigenvalue weighted by Crippen LogP contribution is -2.24. The average Bonchev–Trinajstić information content (AvgIpc) is 2.83. The van der Waals surface area contributed by atoms with Gasteiger partial charge in [-0.25, -0.2) is 0 Å². The van der Waals surface area contributed by atoms with E-state index in [-0.39, 0.29) is 0 Å². The molecule has 18 heavy (non-hydrogen) atoms. The maximum absolute atomic E-state index is 9.05. The fraction of sp³-hybridized carbons (Fsp3) is 0.625. The van der Waals surface area contributed by atoms with Crippen LogP contribution in [0.2, 0.25) is 0 Å². The van der Waals surface area contributed by atoms with Crippen molar-refractivity contribution in [1.82, 2.24) is 4.90 Å². The maximum atomic E-state index is 9.05. The number of aliphatic hydroxyl groups is 1. The van der Waals surface area contributed by atoms with Gasteiger partial charge in [-0.3, -0.25) is 4.90 Å². The van der Waals surface area contributed by atoms with Crippen molar-refractivity contribution < 1.29 is 5.11 Å². The van der Waals surface area contributed by atoms with Gasteiger partial charge in [-0.05, 0) is 61.7 Å². The van der Waals surface area contributed by atoms with Crippen LogP contribution < -0.4 is 0 Å². The zero-order valence-corrected chi connectivity index (χ0v) is 11.0. The van der Waals surface area contributed by atoms with E-state index in [1.54, 1.807) is 0 Å². The van der Waals surface area contributed by atoms with Crippen LogP contribution in [0.1, 0.15) is 42.7 Å². The van der Waals surface area contributed by atoms with Gasteiger partial charge in [-0.15, -0.1) is 0 Å². The Morgan fingerprint density at radius 2 is 1.72 bits per heavy atom. The van der Waals surface area contributed by atoms with Gasteiger partial charge in [0.1, 0.15) is 0 Å². The highest BCUT2D eigenvalue weighted by molar-refractivity contribution is 5.27. The zero-order chi connectivity index (χ0) is 12.4. The molecule has 0 aromatic heterocycles. The molecule has 1 aliphatic heterocycles. The molecule has 3 rings (SSSR count). The molecular formula is C16H23NO. The number of hydrogen-bond acceptors (Lipinski definition) is 2. The zero-order valence-electron chi connectivity index (χ0n) is 11.0. The van der Waals surface area contributed by atoms with E-state index in [2.05, 4.69) is 29.2 Å². The van der Waals surface area contributed by atoms with Crippen LogP contribution in [0.3, 0.4) is 0 Å². The van der Waals surface area contributed by atoms with Gasteiger partial charge in [0.25, 0.3) is 0 Å². The largest absolute Gasteiger partial charge is 0.396 e. The molecule has 1 heterocycles. The molecule has 0 unspecified atom stereocenters. The molecule has 2 heteroatoms. The van der Waals surface area contributed by atoms with Crippen molar-refractivity contribution in [2.45, 2.75) is 38.1 Å². The van der Waals surface area contributed by atoms with E-state index in [9.17, 15) is 0 Å². The summed E-state index contributed by atoms with van der Waals surface area (Å²) >= 11 is 0. The third-order valence-corrected chi connectivity index (χ3v) is 4.55. The number of aliphatic hydroxyl groups excluding tert-OH is 1. The summed E-state index contributed by atoms with van der Waals surface area (Å²) in [5.74, 6) is 1.25. The molecule has 1 N–H and O–H groups in total. The molecule has 0 atom stereocenters. The molecule has 2 nitrogen and oxygen atoms in total. The summed E-state index contributed by atoms with van der Waals surface area (Å²) in [4.78, 5) is 2.54. The SMILES string of the molecule is OCC1CC(c2ccc(CN3CCCC3)cc2)C1. The molecule has 98 valence electrons. The van der Waals surface area contributed by atoms with Crippen LogP contribution >= 0.6 is 0 Å². The first-order valence-corrected chi connectivity index (χ1v) is 7.27. The van der Waals surface area contributed by atoms with Gasteiger partial charge in [0.2, 0.25) is 0 Å². The molecule has 1 aliphatic carbocycles. The van der Waals surface area contributed by atoms with Crippen LogP contribution in [-0.2, 0) is 6.54 Å². The summed E-state index contributed by atoms with van der Waals surface area (Å²) in [7, 11) is 0. The summed E-state index contributed by atoms with van der Waals surface area (Å²) in [6, 6.07) is 9.17. The van der Waals surface area contributed by atoms with Gasteiger partial charge in [0.05, 0.1) is 0 Å². The first-order chi connectivity index (χ1) is 8.85. The van der Waals surface area contributed by atoms with E-state index in [0.717, 1.165) is 6.54 Å². The first-order valence-electron chi connectivity index (χ1n) is 7.27. The topological polar surface area (TPSA) is 23.5 Å². The Kier molecular flexibility index (Phi) is 3.67. The lowest BCUT2D eigenvalue weighted by molar-refractivity contribution is 0.142. The predicted molar refractivity (Wildman–Crippen MR) is 73.5 cm³/mol. The van der Waals surface area contributed by atoms with Crippen molar-refractivity contribution >= 4 is 0 Å². The standard InChI is InChI=1S/C16H23NO/c18-12-14-9-16(10-14)15-5-3-13(4-6-15)11-17-7-1-2-8-17/h3-6,14,16,18H,1-2,7-12H2. The summed E-state index contributed by atoms with van der Waals surface area (Å²) in [6.45, 7) is 4.01. The van der Waals surface area contributed by atoms with Crippen molar-refractivity contribution in [3.8, 4) is 0 Å². The van der Waals surface area contributed by atoms with Gasteiger partial charge in [-0.1, -0.05) is 24.3 Å². The second kappa shape index (κ2) is 5.41. The highest BCUT2D eigenvalue weighted by Gasteiger charge is 2.29. The van der Waals surface area contributed by atoms with Gasteiger partial charge in [0, 0.05) is 13.2 Å². The van der Waals surface area contributed by atoms with E-state index in [1.165, 1.54) is 49.9 Å². The molecular weight excluding hydrogens is 222 g/mol. The minimum Gasteiger partial charge on any atom is -0.396 e.